The molecule has 1 N–H and O–H groups in total. The van der Waals surface area contributed by atoms with Crippen LogP contribution in [0.1, 0.15) is 15.9 Å². The minimum Gasteiger partial charge on any atom is -0.452 e. The minimum atomic E-state index is -4.46. The third-order valence-corrected chi connectivity index (χ3v) is 5.19. The molecule has 0 bridgehead atoms. The molecular weight excluding hydrogens is 483 g/mol. The Labute approximate surface area is 210 Å². The molecule has 9 heteroatoms. The minimum absolute atomic E-state index is 0.128. The number of esters is 1. The van der Waals surface area contributed by atoms with Crippen LogP contribution in [-0.2, 0) is 15.7 Å². The monoisotopic (exact) mass is 503 g/mol. The lowest BCUT2D eigenvalue weighted by Crippen LogP contribution is -2.21. The maximum absolute atomic E-state index is 12.9. The van der Waals surface area contributed by atoms with Gasteiger partial charge in [0.15, 0.2) is 6.61 Å². The Morgan fingerprint density at radius 2 is 1.32 bits per heavy atom. The molecule has 0 aliphatic rings. The first-order valence-corrected chi connectivity index (χ1v) is 11.1. The number of hydrogen-bond donors (Lipinski definition) is 1. The van der Waals surface area contributed by atoms with Gasteiger partial charge in [-0.15, -0.1) is 0 Å². The van der Waals surface area contributed by atoms with Crippen molar-refractivity contribution in [3.8, 4) is 11.1 Å². The molecule has 186 valence electrons. The van der Waals surface area contributed by atoms with Crippen LogP contribution in [0.5, 0.6) is 0 Å². The summed E-state index contributed by atoms with van der Waals surface area (Å²) in [4.78, 5) is 24.9. The Balaban J connectivity index is 1.35. The number of alkyl halides is 3. The van der Waals surface area contributed by atoms with E-state index in [1.54, 1.807) is 42.5 Å². The summed E-state index contributed by atoms with van der Waals surface area (Å²) < 4.78 is 43.7. The van der Waals surface area contributed by atoms with E-state index in [1.165, 1.54) is 18.2 Å². The van der Waals surface area contributed by atoms with Crippen molar-refractivity contribution in [2.75, 3.05) is 11.9 Å². The molecule has 4 aromatic carbocycles. The molecule has 0 saturated heterocycles. The molecule has 0 saturated carbocycles. The molecule has 0 aromatic heterocycles. The first kappa shape index (κ1) is 25.3. The summed E-state index contributed by atoms with van der Waals surface area (Å²) in [7, 11) is 0. The number of hydrogen-bond acceptors (Lipinski definition) is 5. The van der Waals surface area contributed by atoms with Crippen LogP contribution < -0.4 is 5.32 Å². The number of carbonyl (C=O) groups excluding carboxylic acids is 2. The predicted molar refractivity (Wildman–Crippen MR) is 133 cm³/mol. The average Bonchev–Trinajstić information content (AvgIpc) is 2.91. The summed E-state index contributed by atoms with van der Waals surface area (Å²) in [6.07, 6.45) is -4.46. The number of halogens is 3. The van der Waals surface area contributed by atoms with Crippen LogP contribution in [0.25, 0.3) is 11.1 Å². The second-order valence-corrected chi connectivity index (χ2v) is 7.83. The summed E-state index contributed by atoms with van der Waals surface area (Å²) in [5.74, 6) is -1.33. The number of nitrogens with one attached hydrogen (secondary N) is 1. The maximum Gasteiger partial charge on any atom is 0.416 e. The van der Waals surface area contributed by atoms with Crippen LogP contribution >= 0.6 is 0 Å². The summed E-state index contributed by atoms with van der Waals surface area (Å²) in [5.41, 5.74) is 1.92. The fraction of sp³-hybridized carbons (Fsp3) is 0.0714. The molecule has 0 radical (unpaired) electrons. The van der Waals surface area contributed by atoms with Gasteiger partial charge in [-0.1, -0.05) is 48.5 Å². The summed E-state index contributed by atoms with van der Waals surface area (Å²) in [5, 5.41) is 10.9. The lowest BCUT2D eigenvalue weighted by atomic mass is 9.98. The molecule has 0 fully saturated rings. The first-order valence-electron chi connectivity index (χ1n) is 11.1. The first-order chi connectivity index (χ1) is 17.8. The van der Waals surface area contributed by atoms with Gasteiger partial charge in [0.05, 0.1) is 22.5 Å². The number of carbonyl (C=O) groups is 2. The van der Waals surface area contributed by atoms with Gasteiger partial charge in [0.25, 0.3) is 5.91 Å². The fourth-order valence-corrected chi connectivity index (χ4v) is 3.38. The van der Waals surface area contributed by atoms with Crippen LogP contribution in [-0.4, -0.2) is 18.5 Å². The molecular formula is C28H20F3N3O3. The maximum atomic E-state index is 12.9. The van der Waals surface area contributed by atoms with E-state index in [0.29, 0.717) is 28.2 Å². The topological polar surface area (TPSA) is 80.1 Å². The Morgan fingerprint density at radius 3 is 1.97 bits per heavy atom. The van der Waals surface area contributed by atoms with Gasteiger partial charge in [0.1, 0.15) is 0 Å². The Kier molecular flexibility index (Phi) is 7.73. The molecule has 4 aromatic rings. The van der Waals surface area contributed by atoms with Crippen molar-refractivity contribution in [1.29, 1.82) is 0 Å². The van der Waals surface area contributed by atoms with E-state index < -0.39 is 30.2 Å². The number of ether oxygens (including phenoxy) is 1. The van der Waals surface area contributed by atoms with Crippen LogP contribution in [0.3, 0.4) is 0 Å². The predicted octanol–water partition coefficient (Wildman–Crippen LogP) is 7.58. The van der Waals surface area contributed by atoms with Crippen LogP contribution in [0, 0.1) is 0 Å². The Morgan fingerprint density at radius 1 is 0.730 bits per heavy atom. The molecule has 0 atom stereocenters. The summed E-state index contributed by atoms with van der Waals surface area (Å²) in [6.45, 7) is -0.546. The van der Waals surface area contributed by atoms with E-state index in [4.69, 9.17) is 4.74 Å². The van der Waals surface area contributed by atoms with Crippen molar-refractivity contribution in [2.45, 2.75) is 6.18 Å². The SMILES string of the molecule is O=C(COC(=O)c1ccccc1-c1ccc(C(F)(F)F)cc1)Nc1ccc(N=Nc2ccccc2)cc1. The van der Waals surface area contributed by atoms with Gasteiger partial charge in [-0.2, -0.15) is 23.4 Å². The van der Waals surface area contributed by atoms with Gasteiger partial charge in [0, 0.05) is 5.69 Å². The van der Waals surface area contributed by atoms with E-state index >= 15 is 0 Å². The zero-order valence-electron chi connectivity index (χ0n) is 19.3. The smallest absolute Gasteiger partial charge is 0.416 e. The zero-order valence-corrected chi connectivity index (χ0v) is 19.3. The van der Waals surface area contributed by atoms with Gasteiger partial charge in [-0.05, 0) is 65.7 Å². The largest absolute Gasteiger partial charge is 0.452 e. The fourth-order valence-electron chi connectivity index (χ4n) is 3.38. The number of benzene rings is 4. The third-order valence-electron chi connectivity index (χ3n) is 5.19. The number of rotatable bonds is 7. The quantitative estimate of drug-likeness (QED) is 0.208. The molecule has 0 spiro atoms. The van der Waals surface area contributed by atoms with Crippen molar-refractivity contribution in [2.24, 2.45) is 10.2 Å². The van der Waals surface area contributed by atoms with Crippen LogP contribution in [0.2, 0.25) is 0 Å². The molecule has 6 nitrogen and oxygen atoms in total. The molecule has 4 rings (SSSR count). The highest BCUT2D eigenvalue weighted by Gasteiger charge is 2.30. The second kappa shape index (κ2) is 11.3. The number of azo groups is 1. The third kappa shape index (κ3) is 6.88. The molecule has 0 heterocycles. The average molecular weight is 503 g/mol. The zero-order chi connectivity index (χ0) is 26.3. The van der Waals surface area contributed by atoms with E-state index in [0.717, 1.165) is 12.1 Å². The standard InChI is InChI=1S/C28H20F3N3O3/c29-28(30,31)20-12-10-19(11-13-20)24-8-4-5-9-25(24)27(36)37-18-26(35)32-21-14-16-23(17-15-21)34-33-22-6-2-1-3-7-22/h1-17H,18H2,(H,32,35). The van der Waals surface area contributed by atoms with Crippen molar-refractivity contribution in [3.05, 3.63) is 114 Å². The Hall–Kier alpha value is -4.79. The van der Waals surface area contributed by atoms with Gasteiger partial charge in [-0.25, -0.2) is 4.79 Å². The highest BCUT2D eigenvalue weighted by atomic mass is 19.4. The number of anilines is 1. The van der Waals surface area contributed by atoms with E-state index in [-0.39, 0.29) is 5.56 Å². The number of nitrogens with zero attached hydrogens (tertiary/aromatic N) is 2. The van der Waals surface area contributed by atoms with Gasteiger partial charge in [-0.3, -0.25) is 4.79 Å². The van der Waals surface area contributed by atoms with E-state index in [9.17, 15) is 22.8 Å². The van der Waals surface area contributed by atoms with Crippen molar-refractivity contribution >= 4 is 28.9 Å². The molecule has 0 unspecified atom stereocenters. The molecule has 0 aliphatic carbocycles. The lowest BCUT2D eigenvalue weighted by Gasteiger charge is -2.11. The number of amides is 1. The van der Waals surface area contributed by atoms with Gasteiger partial charge in [0.2, 0.25) is 0 Å². The highest BCUT2D eigenvalue weighted by molar-refractivity contribution is 5.99. The van der Waals surface area contributed by atoms with Gasteiger partial charge >= 0.3 is 12.1 Å². The Bertz CT molecular complexity index is 1400. The summed E-state index contributed by atoms with van der Waals surface area (Å²) in [6, 6.07) is 26.6. The van der Waals surface area contributed by atoms with E-state index in [1.807, 2.05) is 30.3 Å². The van der Waals surface area contributed by atoms with E-state index in [2.05, 4.69) is 15.5 Å². The van der Waals surface area contributed by atoms with Crippen LogP contribution in [0.4, 0.5) is 30.2 Å². The normalized spacial score (nSPS) is 11.3. The molecule has 1 amide bonds. The van der Waals surface area contributed by atoms with Crippen molar-refractivity contribution < 1.29 is 27.5 Å². The second-order valence-electron chi connectivity index (χ2n) is 7.83. The molecule has 37 heavy (non-hydrogen) atoms. The van der Waals surface area contributed by atoms with Crippen LogP contribution in [0.15, 0.2) is 113 Å². The van der Waals surface area contributed by atoms with Crippen molar-refractivity contribution in [1.82, 2.24) is 0 Å². The van der Waals surface area contributed by atoms with Gasteiger partial charge < -0.3 is 10.1 Å². The lowest BCUT2D eigenvalue weighted by molar-refractivity contribution is -0.137. The summed E-state index contributed by atoms with van der Waals surface area (Å²) >= 11 is 0. The molecule has 0 aliphatic heterocycles. The highest BCUT2D eigenvalue weighted by Crippen LogP contribution is 2.32. The van der Waals surface area contributed by atoms with Crippen molar-refractivity contribution in [3.63, 3.8) is 0 Å².